The summed E-state index contributed by atoms with van der Waals surface area (Å²) in [4.78, 5) is 14.6. The molecule has 1 atom stereocenters. The molecule has 2 aliphatic rings. The van der Waals surface area contributed by atoms with Crippen LogP contribution in [0.1, 0.15) is 30.7 Å². The van der Waals surface area contributed by atoms with Gasteiger partial charge in [-0.3, -0.25) is 4.79 Å². The Kier molecular flexibility index (Phi) is 3.65. The average Bonchev–Trinajstić information content (AvgIpc) is 2.47. The highest BCUT2D eigenvalue weighted by atomic mass is 35.5. The van der Waals surface area contributed by atoms with Crippen molar-refractivity contribution in [3.8, 4) is 5.75 Å². The van der Waals surface area contributed by atoms with E-state index in [2.05, 4.69) is 0 Å². The zero-order valence-corrected chi connectivity index (χ0v) is 11.6. The van der Waals surface area contributed by atoms with Gasteiger partial charge in [-0.15, -0.1) is 11.6 Å². The smallest absolute Gasteiger partial charge is 0.230 e. The van der Waals surface area contributed by atoms with Gasteiger partial charge in [0.15, 0.2) is 0 Å². The maximum absolute atomic E-state index is 12.6. The first-order valence-electron chi connectivity index (χ1n) is 6.90. The third-order valence-electron chi connectivity index (χ3n) is 3.99. The van der Waals surface area contributed by atoms with Crippen molar-refractivity contribution in [2.75, 3.05) is 19.7 Å². The fraction of sp³-hybridized carbons (Fsp3) is 0.533. The molecular weight excluding hydrogens is 262 g/mol. The Hall–Kier alpha value is -1.22. The maximum atomic E-state index is 12.6. The number of rotatable bonds is 1. The first kappa shape index (κ1) is 12.8. The molecule has 19 heavy (non-hydrogen) atoms. The van der Waals surface area contributed by atoms with Crippen LogP contribution >= 0.6 is 11.6 Å². The standard InChI is InChI=1S/C15H18ClNO2/c16-11-5-8-17(9-6-11)15(18)13-7-10-19-14-4-2-1-3-12(13)14/h1-4,11,13H,5-10H2. The average molecular weight is 280 g/mol. The maximum Gasteiger partial charge on any atom is 0.230 e. The molecule has 102 valence electrons. The van der Waals surface area contributed by atoms with E-state index in [0.29, 0.717) is 6.61 Å². The Labute approximate surface area is 118 Å². The SMILES string of the molecule is O=C(C1CCOc2ccccc21)N1CCC(Cl)CC1. The second kappa shape index (κ2) is 5.41. The fourth-order valence-electron chi connectivity index (χ4n) is 2.89. The molecule has 1 amide bonds. The third-order valence-corrected chi connectivity index (χ3v) is 4.43. The topological polar surface area (TPSA) is 29.5 Å². The van der Waals surface area contributed by atoms with Gasteiger partial charge in [-0.1, -0.05) is 18.2 Å². The third kappa shape index (κ3) is 2.57. The van der Waals surface area contributed by atoms with Crippen LogP contribution in [0.25, 0.3) is 0 Å². The van der Waals surface area contributed by atoms with Gasteiger partial charge in [-0.25, -0.2) is 0 Å². The lowest BCUT2D eigenvalue weighted by Gasteiger charge is -2.34. The van der Waals surface area contributed by atoms with Gasteiger partial charge in [-0.2, -0.15) is 0 Å². The van der Waals surface area contributed by atoms with E-state index < -0.39 is 0 Å². The van der Waals surface area contributed by atoms with E-state index >= 15 is 0 Å². The summed E-state index contributed by atoms with van der Waals surface area (Å²) in [6.07, 6.45) is 2.58. The molecule has 0 N–H and O–H groups in total. The van der Waals surface area contributed by atoms with E-state index in [9.17, 15) is 4.79 Å². The number of nitrogens with zero attached hydrogens (tertiary/aromatic N) is 1. The number of carbonyl (C=O) groups is 1. The van der Waals surface area contributed by atoms with Crippen LogP contribution in [0, 0.1) is 0 Å². The Morgan fingerprint density at radius 2 is 1.95 bits per heavy atom. The largest absolute Gasteiger partial charge is 0.493 e. The fourth-order valence-corrected chi connectivity index (χ4v) is 3.08. The first-order chi connectivity index (χ1) is 9.25. The molecule has 0 spiro atoms. The Balaban J connectivity index is 1.78. The number of benzene rings is 1. The van der Waals surface area contributed by atoms with Gasteiger partial charge >= 0.3 is 0 Å². The summed E-state index contributed by atoms with van der Waals surface area (Å²) < 4.78 is 5.62. The number of para-hydroxylation sites is 1. The number of carbonyl (C=O) groups excluding carboxylic acids is 1. The predicted molar refractivity (Wildman–Crippen MR) is 74.8 cm³/mol. The van der Waals surface area contributed by atoms with Gasteiger partial charge in [0.25, 0.3) is 0 Å². The highest BCUT2D eigenvalue weighted by Gasteiger charge is 2.32. The molecular formula is C15H18ClNO2. The van der Waals surface area contributed by atoms with E-state index in [1.165, 1.54) is 0 Å². The second-order valence-electron chi connectivity index (χ2n) is 5.23. The summed E-state index contributed by atoms with van der Waals surface area (Å²) in [5, 5.41) is 0.228. The molecule has 0 radical (unpaired) electrons. The van der Waals surface area contributed by atoms with Crippen molar-refractivity contribution in [2.45, 2.75) is 30.6 Å². The summed E-state index contributed by atoms with van der Waals surface area (Å²) in [5.74, 6) is 1.05. The van der Waals surface area contributed by atoms with E-state index in [1.54, 1.807) is 0 Å². The highest BCUT2D eigenvalue weighted by Crippen LogP contribution is 2.35. The number of likely N-dealkylation sites (tertiary alicyclic amines) is 1. The van der Waals surface area contributed by atoms with Crippen LogP contribution in [0.15, 0.2) is 24.3 Å². The molecule has 0 saturated carbocycles. The summed E-state index contributed by atoms with van der Waals surface area (Å²) in [5.41, 5.74) is 1.03. The van der Waals surface area contributed by atoms with E-state index in [1.807, 2.05) is 29.2 Å². The molecule has 0 bridgehead atoms. The van der Waals surface area contributed by atoms with Crippen LogP contribution < -0.4 is 4.74 Å². The van der Waals surface area contributed by atoms with Crippen LogP contribution in [0.2, 0.25) is 0 Å². The van der Waals surface area contributed by atoms with Crippen molar-refractivity contribution < 1.29 is 9.53 Å². The summed E-state index contributed by atoms with van der Waals surface area (Å²) in [6.45, 7) is 2.19. The van der Waals surface area contributed by atoms with Gasteiger partial charge < -0.3 is 9.64 Å². The van der Waals surface area contributed by atoms with Crippen LogP contribution in [-0.4, -0.2) is 35.9 Å². The van der Waals surface area contributed by atoms with Gasteiger partial charge in [-0.05, 0) is 25.3 Å². The molecule has 2 aliphatic heterocycles. The van der Waals surface area contributed by atoms with Gasteiger partial charge in [0.1, 0.15) is 5.75 Å². The lowest BCUT2D eigenvalue weighted by molar-refractivity contribution is -0.134. The Morgan fingerprint density at radius 1 is 1.21 bits per heavy atom. The highest BCUT2D eigenvalue weighted by molar-refractivity contribution is 6.20. The van der Waals surface area contributed by atoms with Crippen LogP contribution in [0.4, 0.5) is 0 Å². The molecule has 2 heterocycles. The van der Waals surface area contributed by atoms with E-state index in [4.69, 9.17) is 16.3 Å². The minimum Gasteiger partial charge on any atom is -0.493 e. The minimum absolute atomic E-state index is 0.0446. The molecule has 3 nitrogen and oxygen atoms in total. The molecule has 4 heteroatoms. The predicted octanol–water partition coefficient (Wildman–Crippen LogP) is 2.78. The quantitative estimate of drug-likeness (QED) is 0.740. The van der Waals surface area contributed by atoms with Crippen molar-refractivity contribution in [3.05, 3.63) is 29.8 Å². The summed E-state index contributed by atoms with van der Waals surface area (Å²) in [7, 11) is 0. The van der Waals surface area contributed by atoms with Crippen molar-refractivity contribution in [1.29, 1.82) is 0 Å². The molecule has 1 aromatic rings. The lowest BCUT2D eigenvalue weighted by atomic mass is 9.91. The zero-order valence-electron chi connectivity index (χ0n) is 10.8. The first-order valence-corrected chi connectivity index (χ1v) is 7.34. The molecule has 1 unspecified atom stereocenters. The van der Waals surface area contributed by atoms with Crippen LogP contribution in [-0.2, 0) is 4.79 Å². The van der Waals surface area contributed by atoms with Crippen LogP contribution in [0.5, 0.6) is 5.75 Å². The minimum atomic E-state index is -0.0446. The number of hydrogen-bond donors (Lipinski definition) is 0. The summed E-state index contributed by atoms with van der Waals surface area (Å²) >= 11 is 6.10. The van der Waals surface area contributed by atoms with E-state index in [0.717, 1.165) is 43.7 Å². The molecule has 1 fully saturated rings. The number of ether oxygens (including phenoxy) is 1. The van der Waals surface area contributed by atoms with Crippen molar-refractivity contribution in [1.82, 2.24) is 4.90 Å². The zero-order chi connectivity index (χ0) is 13.2. The normalized spacial score (nSPS) is 23.6. The number of amides is 1. The number of halogens is 1. The second-order valence-corrected chi connectivity index (χ2v) is 5.84. The van der Waals surface area contributed by atoms with Crippen molar-refractivity contribution in [2.24, 2.45) is 0 Å². The number of alkyl halides is 1. The van der Waals surface area contributed by atoms with Gasteiger partial charge in [0.05, 0.1) is 12.5 Å². The van der Waals surface area contributed by atoms with E-state index in [-0.39, 0.29) is 17.2 Å². The molecule has 3 rings (SSSR count). The number of hydrogen-bond acceptors (Lipinski definition) is 2. The monoisotopic (exact) mass is 279 g/mol. The van der Waals surface area contributed by atoms with Crippen molar-refractivity contribution in [3.63, 3.8) is 0 Å². The molecule has 1 saturated heterocycles. The molecule has 0 aliphatic carbocycles. The van der Waals surface area contributed by atoms with Crippen LogP contribution in [0.3, 0.4) is 0 Å². The number of piperidine rings is 1. The van der Waals surface area contributed by atoms with Gasteiger partial charge in [0, 0.05) is 24.0 Å². The molecule has 0 aromatic heterocycles. The molecule has 1 aromatic carbocycles. The Morgan fingerprint density at radius 3 is 2.74 bits per heavy atom. The Bertz CT molecular complexity index is 469. The summed E-state index contributed by atoms with van der Waals surface area (Å²) in [6, 6.07) is 7.87. The number of fused-ring (bicyclic) bond motifs is 1. The van der Waals surface area contributed by atoms with Crippen molar-refractivity contribution >= 4 is 17.5 Å². The lowest BCUT2D eigenvalue weighted by Crippen LogP contribution is -2.42. The van der Waals surface area contributed by atoms with Gasteiger partial charge in [0.2, 0.25) is 5.91 Å².